The van der Waals surface area contributed by atoms with Crippen molar-refractivity contribution in [2.24, 2.45) is 0 Å². The fourth-order valence-electron chi connectivity index (χ4n) is 1.89. The predicted octanol–water partition coefficient (Wildman–Crippen LogP) is 2.80. The second-order valence-corrected chi connectivity index (χ2v) is 4.81. The minimum absolute atomic E-state index is 0.415. The highest BCUT2D eigenvalue weighted by Crippen LogP contribution is 2.30. The van der Waals surface area contributed by atoms with Crippen molar-refractivity contribution in [3.8, 4) is 0 Å². The first-order chi connectivity index (χ1) is 7.83. The van der Waals surface area contributed by atoms with Gasteiger partial charge in [-0.25, -0.2) is 0 Å². The monoisotopic (exact) mass is 232 g/mol. The summed E-state index contributed by atoms with van der Waals surface area (Å²) in [7, 11) is 1.99. The van der Waals surface area contributed by atoms with E-state index in [1.807, 2.05) is 36.8 Å². The highest BCUT2D eigenvalue weighted by atomic mass is 32.1. The Morgan fingerprint density at radius 3 is 2.88 bits per heavy atom. The van der Waals surface area contributed by atoms with Crippen LogP contribution in [-0.4, -0.2) is 18.6 Å². The second kappa shape index (κ2) is 5.23. The second-order valence-electron chi connectivity index (χ2n) is 3.86. The molecule has 2 aromatic heterocycles. The first kappa shape index (κ1) is 11.3. The summed E-state index contributed by atoms with van der Waals surface area (Å²) in [5.74, 6) is 0.415. The summed E-state index contributed by atoms with van der Waals surface area (Å²) in [6.45, 7) is 3.12. The maximum Gasteiger partial charge on any atom is 0.0326 e. The molecule has 0 aromatic carbocycles. The Bertz CT molecular complexity index is 436. The zero-order valence-electron chi connectivity index (χ0n) is 9.60. The topological polar surface area (TPSA) is 24.9 Å². The molecule has 0 aliphatic rings. The largest absolute Gasteiger partial charge is 0.319 e. The van der Waals surface area contributed by atoms with Gasteiger partial charge in [0.25, 0.3) is 0 Å². The van der Waals surface area contributed by atoms with Gasteiger partial charge in [0.15, 0.2) is 0 Å². The smallest absolute Gasteiger partial charge is 0.0326 e. The third kappa shape index (κ3) is 2.31. The fourth-order valence-corrected chi connectivity index (χ4v) is 2.95. The third-order valence-corrected chi connectivity index (χ3v) is 3.85. The SMILES string of the molecule is CNCC(c1cccnc1)c1sccc1C. The third-order valence-electron chi connectivity index (χ3n) is 2.71. The molecule has 0 aliphatic heterocycles. The molecule has 2 nitrogen and oxygen atoms in total. The van der Waals surface area contributed by atoms with E-state index in [0.29, 0.717) is 5.92 Å². The molecule has 0 fully saturated rings. The Labute approximate surface area is 100 Å². The van der Waals surface area contributed by atoms with Gasteiger partial charge < -0.3 is 5.32 Å². The molecule has 2 rings (SSSR count). The van der Waals surface area contributed by atoms with E-state index in [-0.39, 0.29) is 0 Å². The molecule has 0 radical (unpaired) electrons. The maximum absolute atomic E-state index is 4.20. The van der Waals surface area contributed by atoms with Crippen LogP contribution in [-0.2, 0) is 0 Å². The van der Waals surface area contributed by atoms with Gasteiger partial charge in [0, 0.05) is 29.7 Å². The standard InChI is InChI=1S/C13H16N2S/c1-10-5-7-16-13(10)12(9-14-2)11-4-3-6-15-8-11/h3-8,12,14H,9H2,1-2H3. The molecule has 16 heavy (non-hydrogen) atoms. The van der Waals surface area contributed by atoms with E-state index < -0.39 is 0 Å². The number of aryl methyl sites for hydroxylation is 1. The van der Waals surface area contributed by atoms with E-state index in [4.69, 9.17) is 0 Å². The molecule has 2 heterocycles. The van der Waals surface area contributed by atoms with Crippen LogP contribution in [0.4, 0.5) is 0 Å². The minimum Gasteiger partial charge on any atom is -0.319 e. The molecule has 84 valence electrons. The number of thiophene rings is 1. The van der Waals surface area contributed by atoms with Crippen molar-refractivity contribution < 1.29 is 0 Å². The van der Waals surface area contributed by atoms with Gasteiger partial charge in [-0.3, -0.25) is 4.98 Å². The highest BCUT2D eigenvalue weighted by Gasteiger charge is 2.16. The van der Waals surface area contributed by atoms with Crippen LogP contribution in [0, 0.1) is 6.92 Å². The highest BCUT2D eigenvalue weighted by molar-refractivity contribution is 7.10. The Morgan fingerprint density at radius 2 is 2.31 bits per heavy atom. The molecule has 0 saturated heterocycles. The van der Waals surface area contributed by atoms with Crippen molar-refractivity contribution >= 4 is 11.3 Å². The molecule has 0 bridgehead atoms. The van der Waals surface area contributed by atoms with Crippen LogP contribution < -0.4 is 5.32 Å². The first-order valence-corrected chi connectivity index (χ1v) is 6.29. The average molecular weight is 232 g/mol. The lowest BCUT2D eigenvalue weighted by molar-refractivity contribution is 0.712. The first-order valence-electron chi connectivity index (χ1n) is 5.41. The van der Waals surface area contributed by atoms with Crippen molar-refractivity contribution in [2.75, 3.05) is 13.6 Å². The number of rotatable bonds is 4. The number of nitrogens with one attached hydrogen (secondary N) is 1. The quantitative estimate of drug-likeness (QED) is 0.877. The summed E-state index contributed by atoms with van der Waals surface area (Å²) >= 11 is 1.82. The minimum atomic E-state index is 0.415. The molecule has 1 unspecified atom stereocenters. The van der Waals surface area contributed by atoms with Crippen LogP contribution in [0.15, 0.2) is 36.0 Å². The van der Waals surface area contributed by atoms with Crippen LogP contribution >= 0.6 is 11.3 Å². The van der Waals surface area contributed by atoms with E-state index in [1.165, 1.54) is 16.0 Å². The summed E-state index contributed by atoms with van der Waals surface area (Å²) < 4.78 is 0. The van der Waals surface area contributed by atoms with Crippen LogP contribution in [0.3, 0.4) is 0 Å². The van der Waals surface area contributed by atoms with Crippen molar-refractivity contribution in [1.29, 1.82) is 0 Å². The van der Waals surface area contributed by atoms with Gasteiger partial charge in [-0.2, -0.15) is 0 Å². The van der Waals surface area contributed by atoms with E-state index in [1.54, 1.807) is 0 Å². The van der Waals surface area contributed by atoms with Crippen LogP contribution in [0.5, 0.6) is 0 Å². The van der Waals surface area contributed by atoms with Crippen LogP contribution in [0.25, 0.3) is 0 Å². The lowest BCUT2D eigenvalue weighted by atomic mass is 9.97. The number of aromatic nitrogens is 1. The van der Waals surface area contributed by atoms with Gasteiger partial charge >= 0.3 is 0 Å². The summed E-state index contributed by atoms with van der Waals surface area (Å²) in [5, 5.41) is 5.42. The van der Waals surface area contributed by atoms with Crippen LogP contribution in [0.2, 0.25) is 0 Å². The number of likely N-dealkylation sites (N-methyl/N-ethyl adjacent to an activating group) is 1. The lowest BCUT2D eigenvalue weighted by Crippen LogP contribution is -2.18. The van der Waals surface area contributed by atoms with Crippen molar-refractivity contribution in [1.82, 2.24) is 10.3 Å². The average Bonchev–Trinajstić information content (AvgIpc) is 2.73. The van der Waals surface area contributed by atoms with Gasteiger partial charge in [0.2, 0.25) is 0 Å². The van der Waals surface area contributed by atoms with Gasteiger partial charge in [-0.1, -0.05) is 6.07 Å². The van der Waals surface area contributed by atoms with Crippen molar-refractivity contribution in [3.05, 3.63) is 52.0 Å². The Kier molecular flexibility index (Phi) is 3.70. The zero-order valence-corrected chi connectivity index (χ0v) is 10.4. The zero-order chi connectivity index (χ0) is 11.4. The molecule has 2 aromatic rings. The number of pyridine rings is 1. The van der Waals surface area contributed by atoms with E-state index in [9.17, 15) is 0 Å². The summed E-state index contributed by atoms with van der Waals surface area (Å²) in [4.78, 5) is 5.64. The Balaban J connectivity index is 2.35. The molecular formula is C13H16N2S. The summed E-state index contributed by atoms with van der Waals surface area (Å²) in [6, 6.07) is 6.33. The van der Waals surface area contributed by atoms with Crippen molar-refractivity contribution in [3.63, 3.8) is 0 Å². The molecule has 0 amide bonds. The molecule has 1 N–H and O–H groups in total. The number of nitrogens with zero attached hydrogens (tertiary/aromatic N) is 1. The molecule has 0 spiro atoms. The van der Waals surface area contributed by atoms with Gasteiger partial charge in [-0.15, -0.1) is 11.3 Å². The summed E-state index contributed by atoms with van der Waals surface area (Å²) in [6.07, 6.45) is 3.78. The lowest BCUT2D eigenvalue weighted by Gasteiger charge is -2.16. The number of hydrogen-bond donors (Lipinski definition) is 1. The predicted molar refractivity (Wildman–Crippen MR) is 69.1 cm³/mol. The Hall–Kier alpha value is -1.19. The van der Waals surface area contributed by atoms with Crippen molar-refractivity contribution in [2.45, 2.75) is 12.8 Å². The van der Waals surface area contributed by atoms with Gasteiger partial charge in [-0.05, 0) is 42.6 Å². The normalized spacial score (nSPS) is 12.6. The number of hydrogen-bond acceptors (Lipinski definition) is 3. The van der Waals surface area contributed by atoms with E-state index in [0.717, 1.165) is 6.54 Å². The fraction of sp³-hybridized carbons (Fsp3) is 0.308. The maximum atomic E-state index is 4.20. The van der Waals surface area contributed by atoms with Crippen LogP contribution in [0.1, 0.15) is 21.9 Å². The summed E-state index contributed by atoms with van der Waals surface area (Å²) in [5.41, 5.74) is 2.65. The molecule has 0 saturated carbocycles. The molecule has 3 heteroatoms. The molecule has 1 atom stereocenters. The van der Waals surface area contributed by atoms with Gasteiger partial charge in [0.1, 0.15) is 0 Å². The van der Waals surface area contributed by atoms with Gasteiger partial charge in [0.05, 0.1) is 0 Å². The van der Waals surface area contributed by atoms with E-state index >= 15 is 0 Å². The molecule has 0 aliphatic carbocycles. The van der Waals surface area contributed by atoms with E-state index in [2.05, 4.69) is 34.7 Å². The Morgan fingerprint density at radius 1 is 1.44 bits per heavy atom. The molecular weight excluding hydrogens is 216 g/mol.